The van der Waals surface area contributed by atoms with Crippen LogP contribution in [0.4, 0.5) is 0 Å². The van der Waals surface area contributed by atoms with Gasteiger partial charge in [-0.2, -0.15) is 0 Å². The van der Waals surface area contributed by atoms with E-state index in [2.05, 4.69) is 26.2 Å². The summed E-state index contributed by atoms with van der Waals surface area (Å²) in [6.45, 7) is 11.9. The Bertz CT molecular complexity index is 592. The van der Waals surface area contributed by atoms with Crippen molar-refractivity contribution in [3.05, 3.63) is 60.0 Å². The van der Waals surface area contributed by atoms with Gasteiger partial charge in [-0.1, -0.05) is 30.4 Å². The van der Waals surface area contributed by atoms with Gasteiger partial charge in [0.05, 0.1) is 5.41 Å². The lowest BCUT2D eigenvalue weighted by Crippen LogP contribution is -2.17. The molecule has 0 saturated heterocycles. The maximum Gasteiger partial charge on any atom is 0.171 e. The van der Waals surface area contributed by atoms with E-state index in [4.69, 9.17) is 4.74 Å². The highest BCUT2D eigenvalue weighted by Gasteiger charge is 2.23. The Balaban J connectivity index is 2.93. The minimum atomic E-state index is -3.19. The van der Waals surface area contributed by atoms with Gasteiger partial charge in [0, 0.05) is 12.2 Å². The molecule has 0 aromatic rings. The van der Waals surface area contributed by atoms with Gasteiger partial charge in [-0.05, 0) is 44.8 Å². The third-order valence-electron chi connectivity index (χ3n) is 3.49. The van der Waals surface area contributed by atoms with Crippen LogP contribution in [0.1, 0.15) is 26.7 Å². The van der Waals surface area contributed by atoms with Gasteiger partial charge in [-0.15, -0.1) is 0 Å². The first-order valence-corrected chi connectivity index (χ1v) is 8.88. The summed E-state index contributed by atoms with van der Waals surface area (Å²) in [4.78, 5) is 0. The fraction of sp³-hybridized carbons (Fsp3) is 0.412. The molecule has 1 rings (SSSR count). The number of hydrogen-bond acceptors (Lipinski definition) is 3. The topological polar surface area (TPSA) is 43.4 Å². The highest BCUT2D eigenvalue weighted by atomic mass is 32.2. The third kappa shape index (κ3) is 6.17. The highest BCUT2D eigenvalue weighted by Crippen LogP contribution is 2.34. The molecule has 0 fully saturated rings. The average Bonchev–Trinajstić information content (AvgIpc) is 2.35. The number of ether oxygens (including phenoxy) is 1. The van der Waals surface area contributed by atoms with E-state index in [0.717, 1.165) is 30.1 Å². The van der Waals surface area contributed by atoms with E-state index in [-0.39, 0.29) is 5.92 Å². The molecule has 21 heavy (non-hydrogen) atoms. The van der Waals surface area contributed by atoms with Crippen molar-refractivity contribution in [1.82, 2.24) is 0 Å². The minimum absolute atomic E-state index is 0.205. The highest BCUT2D eigenvalue weighted by molar-refractivity contribution is 7.93. The van der Waals surface area contributed by atoms with Crippen LogP contribution in [0.3, 0.4) is 0 Å². The summed E-state index contributed by atoms with van der Waals surface area (Å²) in [7, 11) is -3.19. The van der Waals surface area contributed by atoms with Crippen molar-refractivity contribution in [1.29, 1.82) is 0 Å². The predicted molar refractivity (Wildman–Crippen MR) is 88.1 cm³/mol. The summed E-state index contributed by atoms with van der Waals surface area (Å²) in [6.07, 6.45) is 10.2. The van der Waals surface area contributed by atoms with Crippen molar-refractivity contribution < 1.29 is 13.2 Å². The Kier molecular flexibility index (Phi) is 6.21. The van der Waals surface area contributed by atoms with E-state index in [9.17, 15) is 8.42 Å². The number of hydrogen-bond donors (Lipinski definition) is 0. The Labute approximate surface area is 128 Å². The molecule has 2 atom stereocenters. The summed E-state index contributed by atoms with van der Waals surface area (Å²) in [5.41, 5.74) is 2.50. The second-order valence-electron chi connectivity index (χ2n) is 5.57. The first kappa shape index (κ1) is 17.5. The van der Waals surface area contributed by atoms with Gasteiger partial charge in [0.15, 0.2) is 9.84 Å². The van der Waals surface area contributed by atoms with E-state index < -0.39 is 9.84 Å². The first-order chi connectivity index (χ1) is 9.73. The van der Waals surface area contributed by atoms with Gasteiger partial charge in [0.2, 0.25) is 0 Å². The Morgan fingerprint density at radius 1 is 1.48 bits per heavy atom. The second kappa shape index (κ2) is 7.46. The largest absolute Gasteiger partial charge is 0.465 e. The Hall–Kier alpha value is -1.55. The van der Waals surface area contributed by atoms with Gasteiger partial charge >= 0.3 is 0 Å². The zero-order chi connectivity index (χ0) is 16.0. The van der Waals surface area contributed by atoms with Crippen LogP contribution < -0.4 is 0 Å². The van der Waals surface area contributed by atoms with Gasteiger partial charge in [0.25, 0.3) is 0 Å². The minimum Gasteiger partial charge on any atom is -0.465 e. The molecular weight excluding hydrogens is 284 g/mol. The van der Waals surface area contributed by atoms with Crippen molar-refractivity contribution >= 4 is 9.84 Å². The van der Waals surface area contributed by atoms with E-state index in [1.165, 1.54) is 11.8 Å². The zero-order valence-electron chi connectivity index (χ0n) is 13.0. The molecule has 0 radical (unpaired) electrons. The van der Waals surface area contributed by atoms with Crippen LogP contribution in [0.5, 0.6) is 0 Å². The van der Waals surface area contributed by atoms with Gasteiger partial charge in [0.1, 0.15) is 12.0 Å². The van der Waals surface area contributed by atoms with Crippen LogP contribution in [0.25, 0.3) is 0 Å². The molecule has 0 bridgehead atoms. The van der Waals surface area contributed by atoms with Crippen LogP contribution in [0.2, 0.25) is 0 Å². The van der Waals surface area contributed by atoms with Crippen LogP contribution in [0.15, 0.2) is 60.0 Å². The Morgan fingerprint density at radius 3 is 2.67 bits per heavy atom. The van der Waals surface area contributed by atoms with Crippen LogP contribution >= 0.6 is 0 Å². The van der Waals surface area contributed by atoms with Crippen molar-refractivity contribution in [2.45, 2.75) is 26.7 Å². The number of rotatable bonds is 6. The average molecular weight is 308 g/mol. The molecule has 0 aromatic heterocycles. The maximum absolute atomic E-state index is 11.0. The van der Waals surface area contributed by atoms with Crippen LogP contribution in [0, 0.1) is 11.8 Å². The molecule has 0 heterocycles. The van der Waals surface area contributed by atoms with Crippen LogP contribution in [-0.4, -0.2) is 14.7 Å². The summed E-state index contributed by atoms with van der Waals surface area (Å²) in [5.74, 6) is 1.14. The molecule has 1 aliphatic rings. The van der Waals surface area contributed by atoms with Gasteiger partial charge in [-0.3, -0.25) is 0 Å². The van der Waals surface area contributed by atoms with Crippen molar-refractivity contribution in [3.8, 4) is 0 Å². The molecular formula is C17H24O3S. The molecule has 4 heteroatoms. The number of sulfone groups is 1. The van der Waals surface area contributed by atoms with Crippen LogP contribution in [-0.2, 0) is 14.6 Å². The monoisotopic (exact) mass is 308 g/mol. The lowest BCUT2D eigenvalue weighted by Gasteiger charge is -2.28. The van der Waals surface area contributed by atoms with Crippen molar-refractivity contribution in [3.63, 3.8) is 0 Å². The molecule has 0 spiro atoms. The van der Waals surface area contributed by atoms with E-state index in [1.54, 1.807) is 6.08 Å². The van der Waals surface area contributed by atoms with Crippen molar-refractivity contribution in [2.75, 3.05) is 6.26 Å². The molecule has 0 amide bonds. The molecule has 0 aromatic carbocycles. The fourth-order valence-electron chi connectivity index (χ4n) is 2.40. The normalized spacial score (nSPS) is 23.8. The third-order valence-corrected chi connectivity index (χ3v) is 4.09. The van der Waals surface area contributed by atoms with E-state index in [0.29, 0.717) is 11.7 Å². The zero-order valence-corrected chi connectivity index (χ0v) is 13.8. The lowest BCUT2D eigenvalue weighted by molar-refractivity contribution is 0.357. The molecule has 3 nitrogen and oxygen atoms in total. The lowest BCUT2D eigenvalue weighted by atomic mass is 9.77. The molecule has 0 unspecified atom stereocenters. The molecule has 116 valence electrons. The molecule has 0 N–H and O–H groups in total. The fourth-order valence-corrected chi connectivity index (χ4v) is 2.65. The molecule has 0 saturated carbocycles. The van der Waals surface area contributed by atoms with Gasteiger partial charge in [-0.25, -0.2) is 8.42 Å². The predicted octanol–water partition coefficient (Wildman–Crippen LogP) is 4.14. The van der Waals surface area contributed by atoms with Gasteiger partial charge < -0.3 is 4.74 Å². The smallest absolute Gasteiger partial charge is 0.171 e. The maximum atomic E-state index is 11.0. The number of allylic oxidation sites excluding steroid dienone is 5. The molecule has 0 aliphatic heterocycles. The first-order valence-electron chi connectivity index (χ1n) is 6.93. The summed E-state index contributed by atoms with van der Waals surface area (Å²) in [6, 6.07) is 0. The summed E-state index contributed by atoms with van der Waals surface area (Å²) < 4.78 is 27.4. The molecule has 1 aliphatic carbocycles. The quantitative estimate of drug-likeness (QED) is 0.421. The SMILES string of the molecule is C=C/C(=C/[C@@H]1C=C(C)CC[C@H]1C(=C)C)O/C=C/S(C)(=O)=O. The standard InChI is InChI=1S/C17H24O3S/c1-6-16(20-9-10-21(5,18)19)12-15-11-14(4)7-8-17(15)13(2)3/h6,9-12,15,17H,1-2,7-8H2,3-5H3/b10-9+,16-12-/t15-,17-/m0/s1. The second-order valence-corrected chi connectivity index (χ2v) is 7.51. The van der Waals surface area contributed by atoms with Crippen molar-refractivity contribution in [2.24, 2.45) is 11.8 Å². The summed E-state index contributed by atoms with van der Waals surface area (Å²) >= 11 is 0. The Morgan fingerprint density at radius 2 is 2.14 bits per heavy atom. The van der Waals surface area contributed by atoms with E-state index in [1.807, 2.05) is 13.0 Å². The van der Waals surface area contributed by atoms with E-state index >= 15 is 0 Å². The summed E-state index contributed by atoms with van der Waals surface area (Å²) in [5, 5.41) is 1.03.